The minimum atomic E-state index is -0.124. The molecule has 4 rings (SSSR count). The average molecular weight is 362 g/mol. The molecule has 1 aliphatic rings. The molecule has 1 fully saturated rings. The summed E-state index contributed by atoms with van der Waals surface area (Å²) in [5.41, 5.74) is 2.85. The summed E-state index contributed by atoms with van der Waals surface area (Å²) in [5.74, 6) is 0.603. The van der Waals surface area contributed by atoms with Crippen LogP contribution >= 0.6 is 0 Å². The van der Waals surface area contributed by atoms with Crippen LogP contribution in [0.1, 0.15) is 12.5 Å². The Morgan fingerprint density at radius 2 is 2.15 bits per heavy atom. The number of nitriles is 1. The number of hydrogen-bond acceptors (Lipinski definition) is 6. The minimum absolute atomic E-state index is 0.0686. The van der Waals surface area contributed by atoms with Crippen LogP contribution in [0.4, 0.5) is 11.5 Å². The largest absolute Gasteiger partial charge is 0.338 e. The van der Waals surface area contributed by atoms with Gasteiger partial charge in [-0.25, -0.2) is 4.98 Å². The van der Waals surface area contributed by atoms with E-state index in [4.69, 9.17) is 5.26 Å². The monoisotopic (exact) mass is 362 g/mol. The minimum Gasteiger partial charge on any atom is -0.338 e. The number of pyridine rings is 1. The van der Waals surface area contributed by atoms with E-state index < -0.39 is 0 Å². The second kappa shape index (κ2) is 6.92. The molecule has 0 aliphatic carbocycles. The molecule has 4 heterocycles. The van der Waals surface area contributed by atoms with Gasteiger partial charge < -0.3 is 10.2 Å². The van der Waals surface area contributed by atoms with Gasteiger partial charge in [-0.05, 0) is 17.7 Å². The van der Waals surface area contributed by atoms with Crippen LogP contribution in [0.25, 0.3) is 11.1 Å². The van der Waals surface area contributed by atoms with Crippen molar-refractivity contribution in [1.82, 2.24) is 29.4 Å². The number of nitrogens with one attached hydrogen (secondary N) is 1. The van der Waals surface area contributed by atoms with Crippen molar-refractivity contribution in [2.45, 2.75) is 12.5 Å². The van der Waals surface area contributed by atoms with E-state index in [0.717, 1.165) is 22.6 Å². The van der Waals surface area contributed by atoms with Crippen molar-refractivity contribution >= 4 is 17.4 Å². The zero-order valence-electron chi connectivity index (χ0n) is 14.8. The molecule has 1 saturated heterocycles. The molecule has 0 bridgehead atoms. The van der Waals surface area contributed by atoms with Crippen LogP contribution in [0, 0.1) is 11.3 Å². The van der Waals surface area contributed by atoms with Gasteiger partial charge >= 0.3 is 0 Å². The lowest BCUT2D eigenvalue weighted by Crippen LogP contribution is -2.50. The second-order valence-electron chi connectivity index (χ2n) is 6.45. The van der Waals surface area contributed by atoms with Crippen molar-refractivity contribution in [2.24, 2.45) is 7.05 Å². The number of anilines is 2. The van der Waals surface area contributed by atoms with Gasteiger partial charge in [-0.15, -0.1) is 0 Å². The van der Waals surface area contributed by atoms with Crippen molar-refractivity contribution < 1.29 is 4.79 Å². The summed E-state index contributed by atoms with van der Waals surface area (Å²) < 4.78 is 3.60. The van der Waals surface area contributed by atoms with E-state index in [2.05, 4.69) is 20.5 Å². The highest BCUT2D eigenvalue weighted by Gasteiger charge is 2.32. The van der Waals surface area contributed by atoms with Crippen LogP contribution in [-0.4, -0.2) is 48.4 Å². The van der Waals surface area contributed by atoms with Crippen LogP contribution in [0.15, 0.2) is 43.1 Å². The molecule has 0 saturated carbocycles. The summed E-state index contributed by atoms with van der Waals surface area (Å²) in [6.45, 7) is 1.18. The molecule has 0 unspecified atom stereocenters. The van der Waals surface area contributed by atoms with Crippen LogP contribution < -0.4 is 5.32 Å². The average Bonchev–Trinajstić information content (AvgIpc) is 3.24. The van der Waals surface area contributed by atoms with Crippen molar-refractivity contribution in [3.05, 3.63) is 43.1 Å². The number of nitrogens with zero attached hydrogens (tertiary/aromatic N) is 7. The Labute approximate surface area is 155 Å². The number of hydrogen-bond donors (Lipinski definition) is 1. The van der Waals surface area contributed by atoms with E-state index in [-0.39, 0.29) is 18.4 Å². The van der Waals surface area contributed by atoms with E-state index >= 15 is 0 Å². The molecular weight excluding hydrogens is 344 g/mol. The summed E-state index contributed by atoms with van der Waals surface area (Å²) >= 11 is 0. The lowest BCUT2D eigenvalue weighted by atomic mass is 10.1. The van der Waals surface area contributed by atoms with E-state index in [1.165, 1.54) is 0 Å². The van der Waals surface area contributed by atoms with Gasteiger partial charge in [-0.2, -0.15) is 15.5 Å². The third-order valence-corrected chi connectivity index (χ3v) is 4.49. The zero-order chi connectivity index (χ0) is 18.8. The molecule has 0 aromatic carbocycles. The van der Waals surface area contributed by atoms with Crippen molar-refractivity contribution in [1.29, 1.82) is 5.26 Å². The molecular formula is C18H18N8O. The molecule has 9 nitrogen and oxygen atoms in total. The number of aromatic nitrogens is 5. The maximum Gasteiger partial charge on any atom is 0.236 e. The number of carbonyl (C=O) groups is 1. The number of amides is 1. The predicted octanol–water partition coefficient (Wildman–Crippen LogP) is 1.72. The number of carbonyl (C=O) groups excluding carboxylic acids is 1. The van der Waals surface area contributed by atoms with Crippen LogP contribution in [-0.2, 0) is 11.8 Å². The molecule has 1 aliphatic heterocycles. The summed E-state index contributed by atoms with van der Waals surface area (Å²) in [4.78, 5) is 17.7. The fraction of sp³-hybridized carbons (Fsp3) is 0.278. The molecule has 0 spiro atoms. The van der Waals surface area contributed by atoms with Crippen molar-refractivity contribution in [3.63, 3.8) is 0 Å². The third-order valence-electron chi connectivity index (χ3n) is 4.49. The number of aryl methyl sites for hydroxylation is 1. The van der Waals surface area contributed by atoms with Gasteiger partial charge in [0, 0.05) is 44.3 Å². The van der Waals surface area contributed by atoms with Crippen LogP contribution in [0.2, 0.25) is 0 Å². The fourth-order valence-electron chi connectivity index (χ4n) is 3.00. The van der Waals surface area contributed by atoms with Gasteiger partial charge in [0.15, 0.2) is 0 Å². The van der Waals surface area contributed by atoms with E-state index in [1.807, 2.05) is 48.5 Å². The predicted molar refractivity (Wildman–Crippen MR) is 97.8 cm³/mol. The summed E-state index contributed by atoms with van der Waals surface area (Å²) in [6.07, 6.45) is 9.07. The first-order chi connectivity index (χ1) is 13.1. The van der Waals surface area contributed by atoms with E-state index in [9.17, 15) is 4.79 Å². The lowest BCUT2D eigenvalue weighted by Gasteiger charge is -2.38. The summed E-state index contributed by atoms with van der Waals surface area (Å²) in [5, 5.41) is 20.4. The maximum absolute atomic E-state index is 11.7. The molecule has 3 aromatic heterocycles. The molecule has 27 heavy (non-hydrogen) atoms. The third kappa shape index (κ3) is 3.50. The Bertz CT molecular complexity index is 1010. The Morgan fingerprint density at radius 3 is 2.89 bits per heavy atom. The highest BCUT2D eigenvalue weighted by Crippen LogP contribution is 2.26. The molecule has 0 radical (unpaired) electrons. The SMILES string of the molecule is Cn1cc(Nc2cc(-c3cnn(C4CN(C(=O)CC#N)C4)c3)ccn2)cn1. The zero-order valence-corrected chi connectivity index (χ0v) is 14.8. The first-order valence-electron chi connectivity index (χ1n) is 8.53. The van der Waals surface area contributed by atoms with Crippen molar-refractivity contribution in [3.8, 4) is 17.2 Å². The molecule has 1 amide bonds. The number of rotatable bonds is 5. The Morgan fingerprint density at radius 1 is 1.30 bits per heavy atom. The standard InChI is InChI=1S/C18H18N8O/c1-24-10-15(8-21-24)23-17-6-13(3-5-20-17)14-7-22-26(9-14)16-11-25(12-16)18(27)2-4-19/h3,5-10,16H,2,11-12H2,1H3,(H,20,23). The molecule has 3 aromatic rings. The van der Waals surface area contributed by atoms with Gasteiger partial charge in [0.1, 0.15) is 12.2 Å². The van der Waals surface area contributed by atoms with E-state index in [0.29, 0.717) is 13.1 Å². The normalized spacial score (nSPS) is 13.9. The Hall–Kier alpha value is -3.67. The van der Waals surface area contributed by atoms with E-state index in [1.54, 1.807) is 22.0 Å². The first-order valence-corrected chi connectivity index (χ1v) is 8.53. The highest BCUT2D eigenvalue weighted by molar-refractivity contribution is 5.79. The van der Waals surface area contributed by atoms with Gasteiger partial charge in [0.25, 0.3) is 0 Å². The second-order valence-corrected chi connectivity index (χ2v) is 6.45. The summed E-state index contributed by atoms with van der Waals surface area (Å²) in [6, 6.07) is 5.93. The summed E-state index contributed by atoms with van der Waals surface area (Å²) in [7, 11) is 1.86. The fourth-order valence-corrected chi connectivity index (χ4v) is 3.00. The first kappa shape index (κ1) is 16.8. The topological polar surface area (TPSA) is 105 Å². The highest BCUT2D eigenvalue weighted by atomic mass is 16.2. The van der Waals surface area contributed by atoms with Gasteiger partial charge in [-0.1, -0.05) is 0 Å². The Balaban J connectivity index is 1.44. The van der Waals surface area contributed by atoms with Crippen molar-refractivity contribution in [2.75, 3.05) is 18.4 Å². The van der Waals surface area contributed by atoms with Gasteiger partial charge in [0.2, 0.25) is 5.91 Å². The molecule has 136 valence electrons. The van der Waals surface area contributed by atoms with Gasteiger partial charge in [-0.3, -0.25) is 14.2 Å². The smallest absolute Gasteiger partial charge is 0.236 e. The van der Waals surface area contributed by atoms with Crippen LogP contribution in [0.5, 0.6) is 0 Å². The quantitative estimate of drug-likeness (QED) is 0.741. The molecule has 9 heteroatoms. The van der Waals surface area contributed by atoms with Gasteiger partial charge in [0.05, 0.1) is 30.2 Å². The molecule has 0 atom stereocenters. The Kier molecular flexibility index (Phi) is 4.30. The maximum atomic E-state index is 11.7. The number of likely N-dealkylation sites (tertiary alicyclic amines) is 1. The van der Waals surface area contributed by atoms with Crippen LogP contribution in [0.3, 0.4) is 0 Å². The lowest BCUT2D eigenvalue weighted by molar-refractivity contribution is -0.136. The molecule has 1 N–H and O–H groups in total.